The van der Waals surface area contributed by atoms with Gasteiger partial charge in [-0.25, -0.2) is 9.97 Å². The van der Waals surface area contributed by atoms with Crippen LogP contribution in [-0.2, 0) is 27.3 Å². The van der Waals surface area contributed by atoms with Crippen LogP contribution in [0.2, 0.25) is 0 Å². The predicted molar refractivity (Wildman–Crippen MR) is 103 cm³/mol. The number of rotatable bonds is 8. The second-order valence-corrected chi connectivity index (χ2v) is 7.46. The number of likely N-dealkylation sites (N-methyl/N-ethyl adjacent to an activating group) is 1. The Morgan fingerprint density at radius 2 is 1.96 bits per heavy atom. The predicted octanol–water partition coefficient (Wildman–Crippen LogP) is 3.01. The van der Waals surface area contributed by atoms with Crippen LogP contribution in [-0.4, -0.2) is 46.7 Å². The van der Waals surface area contributed by atoms with Gasteiger partial charge in [0.05, 0.1) is 0 Å². The molecule has 0 aliphatic heterocycles. The first-order chi connectivity index (χ1) is 12.4. The fourth-order valence-corrected chi connectivity index (χ4v) is 3.57. The Morgan fingerprint density at radius 3 is 2.54 bits per heavy atom. The van der Waals surface area contributed by atoms with Gasteiger partial charge in [-0.1, -0.05) is 11.8 Å². The molecule has 140 valence electrons. The molecule has 0 fully saturated rings. The number of nitrogens with zero attached hydrogens (tertiary/aromatic N) is 3. The maximum Gasteiger partial charge on any atom is 0.306 e. The molecule has 0 radical (unpaired) electrons. The summed E-state index contributed by atoms with van der Waals surface area (Å²) in [4.78, 5) is 34.4. The lowest BCUT2D eigenvalue weighted by atomic mass is 10.1. The van der Waals surface area contributed by atoms with Crippen molar-refractivity contribution in [3.63, 3.8) is 0 Å². The highest BCUT2D eigenvalue weighted by Crippen LogP contribution is 2.17. The van der Waals surface area contributed by atoms with Crippen LogP contribution in [0, 0.1) is 13.8 Å². The lowest BCUT2D eigenvalue weighted by Crippen LogP contribution is -2.30. The van der Waals surface area contributed by atoms with Gasteiger partial charge in [-0.3, -0.25) is 9.59 Å². The third-order valence-corrected chi connectivity index (χ3v) is 5.22. The molecule has 0 aromatic carbocycles. The van der Waals surface area contributed by atoms with Crippen molar-refractivity contribution in [2.75, 3.05) is 19.9 Å². The first-order valence-electron chi connectivity index (χ1n) is 8.19. The van der Waals surface area contributed by atoms with Crippen molar-refractivity contribution in [2.24, 2.45) is 0 Å². The topological polar surface area (TPSA) is 72.4 Å². The number of aromatic nitrogens is 2. The van der Waals surface area contributed by atoms with Crippen molar-refractivity contribution >= 4 is 35.0 Å². The second-order valence-electron chi connectivity index (χ2n) is 5.90. The Balaban J connectivity index is 1.79. The standard InChI is InChI=1S/C18H23N3O3S2/c1-12-15(13(2)20-18(19-12)25-4)5-6-17(23)24-10-16(22)21(3)9-14-7-8-26-11-14/h7-8,11H,5-6,9-10H2,1-4H3. The van der Waals surface area contributed by atoms with Gasteiger partial charge in [-0.15, -0.1) is 0 Å². The zero-order chi connectivity index (χ0) is 19.1. The summed E-state index contributed by atoms with van der Waals surface area (Å²) >= 11 is 3.08. The number of amides is 1. The first kappa shape index (κ1) is 20.4. The smallest absolute Gasteiger partial charge is 0.306 e. The Labute approximate surface area is 162 Å². The summed E-state index contributed by atoms with van der Waals surface area (Å²) in [7, 11) is 1.70. The Kier molecular flexibility index (Phi) is 7.59. The molecule has 0 unspecified atom stereocenters. The summed E-state index contributed by atoms with van der Waals surface area (Å²) in [6.45, 7) is 4.10. The van der Waals surface area contributed by atoms with Crippen LogP contribution in [0.5, 0.6) is 0 Å². The molecule has 2 aromatic rings. The van der Waals surface area contributed by atoms with E-state index in [1.54, 1.807) is 23.3 Å². The van der Waals surface area contributed by atoms with E-state index >= 15 is 0 Å². The summed E-state index contributed by atoms with van der Waals surface area (Å²) in [5.41, 5.74) is 3.78. The molecule has 0 saturated carbocycles. The monoisotopic (exact) mass is 393 g/mol. The lowest BCUT2D eigenvalue weighted by molar-refractivity contribution is -0.151. The summed E-state index contributed by atoms with van der Waals surface area (Å²) < 4.78 is 5.12. The molecule has 0 saturated heterocycles. The third kappa shape index (κ3) is 5.81. The molecule has 6 nitrogen and oxygen atoms in total. The van der Waals surface area contributed by atoms with Gasteiger partial charge in [0.25, 0.3) is 5.91 Å². The van der Waals surface area contributed by atoms with E-state index in [9.17, 15) is 9.59 Å². The fraction of sp³-hybridized carbons (Fsp3) is 0.444. The van der Waals surface area contributed by atoms with Crippen LogP contribution in [0.3, 0.4) is 0 Å². The molecule has 0 aliphatic rings. The van der Waals surface area contributed by atoms with Gasteiger partial charge in [-0.05, 0) is 54.5 Å². The largest absolute Gasteiger partial charge is 0.456 e. The van der Waals surface area contributed by atoms with Crippen molar-refractivity contribution in [1.82, 2.24) is 14.9 Å². The minimum atomic E-state index is -0.393. The van der Waals surface area contributed by atoms with E-state index < -0.39 is 5.97 Å². The Bertz CT molecular complexity index is 740. The maximum absolute atomic E-state index is 12.1. The maximum atomic E-state index is 12.1. The summed E-state index contributed by atoms with van der Waals surface area (Å²) in [6.07, 6.45) is 2.63. The van der Waals surface area contributed by atoms with E-state index in [0.29, 0.717) is 13.0 Å². The highest BCUT2D eigenvalue weighted by atomic mass is 32.2. The van der Waals surface area contributed by atoms with Gasteiger partial charge in [0.1, 0.15) is 0 Å². The number of carbonyl (C=O) groups is 2. The van der Waals surface area contributed by atoms with Gasteiger partial charge in [0, 0.05) is 31.4 Å². The zero-order valence-electron chi connectivity index (χ0n) is 15.4. The van der Waals surface area contributed by atoms with Gasteiger partial charge in [0.2, 0.25) is 0 Å². The molecule has 0 bridgehead atoms. The average Bonchev–Trinajstić information content (AvgIpc) is 3.11. The molecule has 2 aromatic heterocycles. The number of hydrogen-bond acceptors (Lipinski definition) is 7. The zero-order valence-corrected chi connectivity index (χ0v) is 17.1. The molecule has 8 heteroatoms. The minimum absolute atomic E-state index is 0.200. The molecule has 0 aliphatic carbocycles. The highest BCUT2D eigenvalue weighted by molar-refractivity contribution is 7.98. The van der Waals surface area contributed by atoms with Crippen LogP contribution >= 0.6 is 23.1 Å². The molecule has 1 amide bonds. The van der Waals surface area contributed by atoms with Crippen molar-refractivity contribution in [2.45, 2.75) is 38.4 Å². The Morgan fingerprint density at radius 1 is 1.27 bits per heavy atom. The van der Waals surface area contributed by atoms with E-state index in [4.69, 9.17) is 4.74 Å². The number of ether oxygens (including phenoxy) is 1. The van der Waals surface area contributed by atoms with E-state index in [-0.39, 0.29) is 18.9 Å². The van der Waals surface area contributed by atoms with Crippen LogP contribution in [0.15, 0.2) is 22.0 Å². The van der Waals surface area contributed by atoms with E-state index in [0.717, 1.165) is 27.7 Å². The third-order valence-electron chi connectivity index (χ3n) is 3.94. The fourth-order valence-electron chi connectivity index (χ4n) is 2.46. The summed E-state index contributed by atoms with van der Waals surface area (Å²) in [5.74, 6) is -0.611. The lowest BCUT2D eigenvalue weighted by Gasteiger charge is -2.16. The van der Waals surface area contributed by atoms with Crippen molar-refractivity contribution in [1.29, 1.82) is 0 Å². The van der Waals surface area contributed by atoms with E-state index in [2.05, 4.69) is 9.97 Å². The second kappa shape index (κ2) is 9.68. The Hall–Kier alpha value is -1.93. The van der Waals surface area contributed by atoms with E-state index in [1.165, 1.54) is 11.8 Å². The van der Waals surface area contributed by atoms with Crippen LogP contribution < -0.4 is 0 Å². The minimum Gasteiger partial charge on any atom is -0.456 e. The molecule has 2 rings (SSSR count). The van der Waals surface area contributed by atoms with Gasteiger partial charge in [-0.2, -0.15) is 11.3 Å². The van der Waals surface area contributed by atoms with Crippen molar-refractivity contribution < 1.29 is 14.3 Å². The number of esters is 1. The van der Waals surface area contributed by atoms with E-state index in [1.807, 2.05) is 36.9 Å². The summed E-state index contributed by atoms with van der Waals surface area (Å²) in [6, 6.07) is 1.97. The summed E-state index contributed by atoms with van der Waals surface area (Å²) in [5, 5.41) is 4.68. The molecule has 0 spiro atoms. The molecule has 26 heavy (non-hydrogen) atoms. The SMILES string of the molecule is CSc1nc(C)c(CCC(=O)OCC(=O)N(C)Cc2ccsc2)c(C)n1. The number of aryl methyl sites for hydroxylation is 2. The van der Waals surface area contributed by atoms with Gasteiger partial charge < -0.3 is 9.64 Å². The first-order valence-corrected chi connectivity index (χ1v) is 10.4. The van der Waals surface area contributed by atoms with Crippen molar-refractivity contribution in [3.05, 3.63) is 39.3 Å². The molecular formula is C18H23N3O3S2. The van der Waals surface area contributed by atoms with Crippen molar-refractivity contribution in [3.8, 4) is 0 Å². The molecular weight excluding hydrogens is 370 g/mol. The highest BCUT2D eigenvalue weighted by Gasteiger charge is 2.14. The van der Waals surface area contributed by atoms with Crippen LogP contribution in [0.25, 0.3) is 0 Å². The van der Waals surface area contributed by atoms with Crippen LogP contribution in [0.1, 0.15) is 28.9 Å². The number of carbonyl (C=O) groups excluding carboxylic acids is 2. The van der Waals surface area contributed by atoms with Gasteiger partial charge in [0.15, 0.2) is 11.8 Å². The number of hydrogen-bond donors (Lipinski definition) is 0. The molecule has 0 atom stereocenters. The molecule has 0 N–H and O–H groups in total. The number of thioether (sulfide) groups is 1. The molecule has 2 heterocycles. The normalized spacial score (nSPS) is 10.6. The number of thiophene rings is 1. The van der Waals surface area contributed by atoms with Gasteiger partial charge >= 0.3 is 5.97 Å². The average molecular weight is 394 g/mol. The van der Waals surface area contributed by atoms with Crippen LogP contribution in [0.4, 0.5) is 0 Å². The quantitative estimate of drug-likeness (QED) is 0.390.